The molecule has 0 unspecified atom stereocenters. The second-order valence-corrected chi connectivity index (χ2v) is 4.64. The maximum absolute atomic E-state index is 12.0. The van der Waals surface area contributed by atoms with E-state index in [2.05, 4.69) is 9.97 Å². The molecule has 2 heterocycles. The van der Waals surface area contributed by atoms with E-state index in [4.69, 9.17) is 0 Å². The summed E-state index contributed by atoms with van der Waals surface area (Å²) in [4.78, 5) is 33.3. The van der Waals surface area contributed by atoms with Gasteiger partial charge in [0, 0.05) is 24.2 Å². The van der Waals surface area contributed by atoms with Crippen LogP contribution in [0.5, 0.6) is 0 Å². The van der Waals surface area contributed by atoms with Crippen LogP contribution in [0.1, 0.15) is 12.2 Å². The van der Waals surface area contributed by atoms with Crippen molar-refractivity contribution < 1.29 is 9.59 Å². The van der Waals surface area contributed by atoms with Crippen LogP contribution in [-0.4, -0.2) is 33.2 Å². The average molecular weight is 279 g/mol. The molecule has 1 aromatic heterocycles. The van der Waals surface area contributed by atoms with Crippen molar-refractivity contribution in [3.63, 3.8) is 0 Å². The Morgan fingerprint density at radius 1 is 1.29 bits per heavy atom. The van der Waals surface area contributed by atoms with Crippen molar-refractivity contribution in [1.82, 2.24) is 14.9 Å². The fraction of sp³-hybridized carbons (Fsp3) is 0.125. The maximum atomic E-state index is 12.0. The molecule has 1 aliphatic rings. The van der Waals surface area contributed by atoms with Crippen LogP contribution < -0.4 is 0 Å². The zero-order chi connectivity index (χ0) is 14.7. The third kappa shape index (κ3) is 2.86. The lowest BCUT2D eigenvalue weighted by molar-refractivity contribution is -0.139. The van der Waals surface area contributed by atoms with E-state index < -0.39 is 0 Å². The molecule has 1 aromatic carbocycles. The smallest absolute Gasteiger partial charge is 0.253 e. The van der Waals surface area contributed by atoms with Crippen LogP contribution in [0.2, 0.25) is 0 Å². The lowest BCUT2D eigenvalue weighted by Crippen LogP contribution is -2.37. The van der Waals surface area contributed by atoms with Gasteiger partial charge in [-0.3, -0.25) is 14.5 Å². The van der Waals surface area contributed by atoms with Crippen molar-refractivity contribution in [3.05, 3.63) is 54.5 Å². The predicted molar refractivity (Wildman–Crippen MR) is 79.0 cm³/mol. The van der Waals surface area contributed by atoms with Crippen LogP contribution in [0.15, 0.2) is 48.7 Å². The van der Waals surface area contributed by atoms with Crippen LogP contribution in [0.25, 0.3) is 17.0 Å². The Labute approximate surface area is 121 Å². The molecule has 104 valence electrons. The summed E-state index contributed by atoms with van der Waals surface area (Å²) in [6.07, 6.45) is 8.45. The molecule has 0 aliphatic carbocycles. The predicted octanol–water partition coefficient (Wildman–Crippen LogP) is 1.96. The first-order valence-corrected chi connectivity index (χ1v) is 6.66. The van der Waals surface area contributed by atoms with Crippen molar-refractivity contribution in [2.24, 2.45) is 0 Å². The topological polar surface area (TPSA) is 63.2 Å². The third-order valence-corrected chi connectivity index (χ3v) is 3.19. The van der Waals surface area contributed by atoms with E-state index in [0.29, 0.717) is 18.8 Å². The lowest BCUT2D eigenvalue weighted by atomic mass is 10.2. The summed E-state index contributed by atoms with van der Waals surface area (Å²) in [6.45, 7) is 0.414. The second kappa shape index (κ2) is 5.66. The van der Waals surface area contributed by atoms with Gasteiger partial charge in [-0.2, -0.15) is 0 Å². The average Bonchev–Trinajstić information content (AvgIpc) is 2.53. The van der Waals surface area contributed by atoms with E-state index in [1.54, 1.807) is 12.3 Å². The van der Waals surface area contributed by atoms with Crippen molar-refractivity contribution in [2.75, 3.05) is 6.54 Å². The number of hydrogen-bond donors (Lipinski definition) is 0. The first-order valence-electron chi connectivity index (χ1n) is 6.66. The van der Waals surface area contributed by atoms with E-state index in [1.165, 1.54) is 23.1 Å². The van der Waals surface area contributed by atoms with Crippen molar-refractivity contribution in [3.8, 4) is 0 Å². The number of benzene rings is 1. The minimum atomic E-state index is -0.346. The summed E-state index contributed by atoms with van der Waals surface area (Å²) in [5, 5.41) is 0.942. The second-order valence-electron chi connectivity index (χ2n) is 4.64. The minimum absolute atomic E-state index is 0.282. The normalized spacial score (nSPS) is 15.0. The van der Waals surface area contributed by atoms with E-state index in [9.17, 15) is 9.59 Å². The van der Waals surface area contributed by atoms with E-state index in [1.807, 2.05) is 24.3 Å². The molecule has 0 saturated carbocycles. The van der Waals surface area contributed by atoms with Gasteiger partial charge in [0.25, 0.3) is 11.8 Å². The molecule has 2 aromatic rings. The molecule has 0 radical (unpaired) electrons. The van der Waals surface area contributed by atoms with E-state index in [0.717, 1.165) is 10.9 Å². The number of carbonyl (C=O) groups is 2. The summed E-state index contributed by atoms with van der Waals surface area (Å²) in [5.74, 6) is -0.182. The molecule has 0 fully saturated rings. The number of hydrogen-bond acceptors (Lipinski definition) is 4. The Bertz CT molecular complexity index is 765. The fourth-order valence-corrected chi connectivity index (χ4v) is 2.11. The SMILES string of the molecule is O=C1C=CCCN1C(=O)C=Cc1ncc2ccccc2n1. The molecule has 21 heavy (non-hydrogen) atoms. The van der Waals surface area contributed by atoms with Crippen LogP contribution in [-0.2, 0) is 9.59 Å². The van der Waals surface area contributed by atoms with Gasteiger partial charge in [0.15, 0.2) is 5.82 Å². The van der Waals surface area contributed by atoms with Crippen LogP contribution in [0.4, 0.5) is 0 Å². The van der Waals surface area contributed by atoms with Gasteiger partial charge in [-0.1, -0.05) is 24.3 Å². The molecule has 0 bridgehead atoms. The molecule has 0 spiro atoms. The first kappa shape index (κ1) is 13.2. The summed E-state index contributed by atoms with van der Waals surface area (Å²) < 4.78 is 0. The Morgan fingerprint density at radius 2 is 2.14 bits per heavy atom. The van der Waals surface area contributed by atoms with Gasteiger partial charge in [0.2, 0.25) is 0 Å². The molecule has 0 atom stereocenters. The van der Waals surface area contributed by atoms with Crippen LogP contribution in [0.3, 0.4) is 0 Å². The van der Waals surface area contributed by atoms with Crippen molar-refractivity contribution >= 4 is 28.8 Å². The maximum Gasteiger partial charge on any atom is 0.253 e. The number of rotatable bonds is 2. The van der Waals surface area contributed by atoms with Gasteiger partial charge in [0.05, 0.1) is 5.52 Å². The summed E-state index contributed by atoms with van der Waals surface area (Å²) >= 11 is 0. The van der Waals surface area contributed by atoms with Crippen LogP contribution >= 0.6 is 0 Å². The summed E-state index contributed by atoms with van der Waals surface area (Å²) in [7, 11) is 0. The van der Waals surface area contributed by atoms with Crippen LogP contribution in [0, 0.1) is 0 Å². The molecular formula is C16H13N3O2. The largest absolute Gasteiger partial charge is 0.275 e. The highest BCUT2D eigenvalue weighted by Crippen LogP contribution is 2.10. The van der Waals surface area contributed by atoms with Gasteiger partial charge in [-0.25, -0.2) is 9.97 Å². The van der Waals surface area contributed by atoms with Gasteiger partial charge in [0.1, 0.15) is 0 Å². The number of para-hydroxylation sites is 1. The van der Waals surface area contributed by atoms with Crippen molar-refractivity contribution in [2.45, 2.75) is 6.42 Å². The Morgan fingerprint density at radius 3 is 3.00 bits per heavy atom. The number of aromatic nitrogens is 2. The first-order chi connectivity index (χ1) is 10.2. The third-order valence-electron chi connectivity index (χ3n) is 3.19. The van der Waals surface area contributed by atoms with Gasteiger partial charge in [-0.05, 0) is 24.6 Å². The lowest BCUT2D eigenvalue weighted by Gasteiger charge is -2.19. The minimum Gasteiger partial charge on any atom is -0.275 e. The van der Waals surface area contributed by atoms with E-state index >= 15 is 0 Å². The van der Waals surface area contributed by atoms with E-state index in [-0.39, 0.29) is 11.8 Å². The Hall–Kier alpha value is -2.82. The van der Waals surface area contributed by atoms with Gasteiger partial charge >= 0.3 is 0 Å². The van der Waals surface area contributed by atoms with Gasteiger partial charge in [-0.15, -0.1) is 0 Å². The zero-order valence-corrected chi connectivity index (χ0v) is 11.3. The summed E-state index contributed by atoms with van der Waals surface area (Å²) in [5.41, 5.74) is 0.816. The standard InChI is InChI=1S/C16H13N3O2/c20-15-7-3-4-10-19(15)16(21)9-8-14-17-11-12-5-1-2-6-13(12)18-14/h1-3,5-9,11H,4,10H2. The Balaban J connectivity index is 1.79. The molecule has 5 heteroatoms. The molecule has 1 aliphatic heterocycles. The fourth-order valence-electron chi connectivity index (χ4n) is 2.11. The highest BCUT2D eigenvalue weighted by atomic mass is 16.2. The number of fused-ring (bicyclic) bond motifs is 1. The number of carbonyl (C=O) groups excluding carboxylic acids is 2. The summed E-state index contributed by atoms with van der Waals surface area (Å²) in [6, 6.07) is 7.62. The number of amides is 2. The zero-order valence-electron chi connectivity index (χ0n) is 11.3. The number of nitrogens with zero attached hydrogens (tertiary/aromatic N) is 3. The van der Waals surface area contributed by atoms with Crippen molar-refractivity contribution in [1.29, 1.82) is 0 Å². The molecule has 3 rings (SSSR count). The molecule has 2 amide bonds. The molecule has 0 saturated heterocycles. The molecule has 0 N–H and O–H groups in total. The van der Waals surface area contributed by atoms with Gasteiger partial charge < -0.3 is 0 Å². The monoisotopic (exact) mass is 279 g/mol. The number of imide groups is 1. The Kier molecular flexibility index (Phi) is 3.55. The highest BCUT2D eigenvalue weighted by Gasteiger charge is 2.18. The quantitative estimate of drug-likeness (QED) is 0.788. The highest BCUT2D eigenvalue weighted by molar-refractivity contribution is 6.06. The molecular weight excluding hydrogens is 266 g/mol. The molecule has 5 nitrogen and oxygen atoms in total.